The first-order valence-electron chi connectivity index (χ1n) is 8.23. The number of thioether (sulfide) groups is 1. The number of halogens is 1. The predicted octanol–water partition coefficient (Wildman–Crippen LogP) is 2.29. The van der Waals surface area contributed by atoms with Crippen molar-refractivity contribution in [3.8, 4) is 0 Å². The van der Waals surface area contributed by atoms with Gasteiger partial charge >= 0.3 is 0 Å². The number of carbonyl (C=O) groups is 3. The van der Waals surface area contributed by atoms with Gasteiger partial charge in [-0.25, -0.2) is 4.99 Å². The number of benzene rings is 2. The van der Waals surface area contributed by atoms with Crippen molar-refractivity contribution < 1.29 is 19.5 Å². The Hall–Kier alpha value is -2.84. The van der Waals surface area contributed by atoms with Crippen molar-refractivity contribution in [3.05, 3.63) is 59.1 Å². The largest absolute Gasteiger partial charge is 0.545 e. The van der Waals surface area contributed by atoms with E-state index >= 15 is 0 Å². The fourth-order valence-electron chi connectivity index (χ4n) is 2.44. The van der Waals surface area contributed by atoms with Crippen molar-refractivity contribution in [2.45, 2.75) is 11.7 Å². The second-order valence-corrected chi connectivity index (χ2v) is 7.59. The first-order chi connectivity index (χ1) is 13.3. The Morgan fingerprint density at radius 1 is 1.18 bits per heavy atom. The molecule has 1 N–H and O–H groups in total. The van der Waals surface area contributed by atoms with Gasteiger partial charge in [0.05, 0.1) is 11.7 Å². The third-order valence-electron chi connectivity index (χ3n) is 4.00. The minimum atomic E-state index is -1.29. The summed E-state index contributed by atoms with van der Waals surface area (Å²) in [5.74, 6) is -1.88. The zero-order valence-electron chi connectivity index (χ0n) is 14.7. The smallest absolute Gasteiger partial charge is 0.238 e. The molecule has 1 saturated heterocycles. The Balaban J connectivity index is 1.74. The number of carboxylic acid groups (broad SMARTS) is 1. The van der Waals surface area contributed by atoms with Crippen LogP contribution in [0.2, 0.25) is 5.02 Å². The summed E-state index contributed by atoms with van der Waals surface area (Å²) in [5, 5.41) is 13.8. The monoisotopic (exact) mass is 416 g/mol. The van der Waals surface area contributed by atoms with E-state index in [1.807, 2.05) is 0 Å². The molecule has 1 atom stereocenters. The van der Waals surface area contributed by atoms with Gasteiger partial charge in [-0.15, -0.1) is 0 Å². The molecule has 1 aliphatic rings. The Kier molecular flexibility index (Phi) is 6.01. The average molecular weight is 417 g/mol. The van der Waals surface area contributed by atoms with Crippen LogP contribution < -0.4 is 10.4 Å². The van der Waals surface area contributed by atoms with Crippen LogP contribution in [-0.2, 0) is 9.59 Å². The number of carboxylic acids is 1. The van der Waals surface area contributed by atoms with Crippen molar-refractivity contribution in [2.75, 3.05) is 12.4 Å². The zero-order chi connectivity index (χ0) is 20.3. The Labute approximate surface area is 170 Å². The van der Waals surface area contributed by atoms with Gasteiger partial charge in [0, 0.05) is 24.2 Å². The van der Waals surface area contributed by atoms with E-state index in [9.17, 15) is 19.5 Å². The summed E-state index contributed by atoms with van der Waals surface area (Å²) in [4.78, 5) is 41.5. The Bertz CT molecular complexity index is 945. The summed E-state index contributed by atoms with van der Waals surface area (Å²) in [6.45, 7) is 0. The Morgan fingerprint density at radius 3 is 2.43 bits per heavy atom. The number of hydrogen-bond acceptors (Lipinski definition) is 6. The molecule has 9 heteroatoms. The van der Waals surface area contributed by atoms with Gasteiger partial charge in [0.15, 0.2) is 5.17 Å². The van der Waals surface area contributed by atoms with Gasteiger partial charge in [-0.3, -0.25) is 14.5 Å². The first kappa shape index (κ1) is 19.9. The maximum Gasteiger partial charge on any atom is 0.238 e. The van der Waals surface area contributed by atoms with E-state index in [4.69, 9.17) is 11.6 Å². The van der Waals surface area contributed by atoms with E-state index in [1.54, 1.807) is 31.3 Å². The van der Waals surface area contributed by atoms with Crippen LogP contribution in [-0.4, -0.2) is 40.1 Å². The van der Waals surface area contributed by atoms with Crippen LogP contribution in [0.25, 0.3) is 0 Å². The van der Waals surface area contributed by atoms with Gasteiger partial charge < -0.3 is 15.2 Å². The molecule has 28 heavy (non-hydrogen) atoms. The van der Waals surface area contributed by atoms with Gasteiger partial charge in [-0.1, -0.05) is 35.5 Å². The number of hydrogen-bond donors (Lipinski definition) is 1. The highest BCUT2D eigenvalue weighted by molar-refractivity contribution is 8.15. The van der Waals surface area contributed by atoms with Gasteiger partial charge in [0.1, 0.15) is 5.25 Å². The molecule has 0 unspecified atom stereocenters. The van der Waals surface area contributed by atoms with Crippen LogP contribution in [0.3, 0.4) is 0 Å². The van der Waals surface area contributed by atoms with E-state index in [2.05, 4.69) is 10.3 Å². The summed E-state index contributed by atoms with van der Waals surface area (Å²) in [7, 11) is 1.61. The number of aromatic carboxylic acids is 1. The van der Waals surface area contributed by atoms with Gasteiger partial charge in [-0.2, -0.15) is 0 Å². The number of amidine groups is 1. The molecule has 2 amide bonds. The van der Waals surface area contributed by atoms with Crippen molar-refractivity contribution >= 4 is 57.7 Å². The number of nitrogens with zero attached hydrogens (tertiary/aromatic N) is 2. The van der Waals surface area contributed by atoms with Crippen LogP contribution in [0.4, 0.5) is 11.4 Å². The van der Waals surface area contributed by atoms with Crippen LogP contribution in [0, 0.1) is 0 Å². The molecule has 2 aromatic carbocycles. The normalized spacial score (nSPS) is 18.2. The average Bonchev–Trinajstić information content (AvgIpc) is 2.67. The third kappa shape index (κ3) is 4.71. The predicted molar refractivity (Wildman–Crippen MR) is 107 cm³/mol. The molecule has 0 saturated carbocycles. The maximum atomic E-state index is 12.6. The summed E-state index contributed by atoms with van der Waals surface area (Å²) < 4.78 is 0. The van der Waals surface area contributed by atoms with Gasteiger partial charge in [0.2, 0.25) is 11.8 Å². The highest BCUT2D eigenvalue weighted by Crippen LogP contribution is 2.29. The number of anilines is 1. The number of carbonyl (C=O) groups excluding carboxylic acids is 3. The maximum absolute atomic E-state index is 12.6. The third-order valence-corrected chi connectivity index (χ3v) is 5.49. The minimum absolute atomic E-state index is 0.0132. The van der Waals surface area contributed by atoms with Crippen LogP contribution in [0.15, 0.2) is 53.5 Å². The molecule has 3 rings (SSSR count). The lowest BCUT2D eigenvalue weighted by Gasteiger charge is -2.28. The molecule has 0 aliphatic carbocycles. The molecule has 1 heterocycles. The van der Waals surface area contributed by atoms with E-state index < -0.39 is 11.2 Å². The molecule has 144 valence electrons. The van der Waals surface area contributed by atoms with Crippen molar-refractivity contribution in [1.82, 2.24) is 4.90 Å². The van der Waals surface area contributed by atoms with E-state index in [-0.39, 0.29) is 23.8 Å². The Morgan fingerprint density at radius 2 is 1.82 bits per heavy atom. The lowest BCUT2D eigenvalue weighted by Crippen LogP contribution is -2.43. The summed E-state index contributed by atoms with van der Waals surface area (Å²) in [6, 6.07) is 12.4. The standard InChI is InChI=1S/C19H16ClN3O4S/c1-23-16(24)10-15(28-19(23)22-14-8-4-12(20)5-9-14)17(25)21-13-6-2-11(3-7-13)18(26)27/h2-9,15H,10H2,1H3,(H,21,25)(H,26,27)/p-1/t15-/m0/s1. The fraction of sp³-hybridized carbons (Fsp3) is 0.158. The fourth-order valence-corrected chi connectivity index (χ4v) is 3.63. The minimum Gasteiger partial charge on any atom is -0.545 e. The number of amides is 2. The molecule has 0 bridgehead atoms. The van der Waals surface area contributed by atoms with Crippen molar-refractivity contribution in [1.29, 1.82) is 0 Å². The lowest BCUT2D eigenvalue weighted by atomic mass is 10.2. The number of aliphatic imine (C=N–C) groups is 1. The van der Waals surface area contributed by atoms with E-state index in [0.29, 0.717) is 21.6 Å². The van der Waals surface area contributed by atoms with Gasteiger partial charge in [-0.05, 0) is 42.0 Å². The summed E-state index contributed by atoms with van der Waals surface area (Å²) in [6.07, 6.45) is 0.0315. The second-order valence-electron chi connectivity index (χ2n) is 5.99. The van der Waals surface area contributed by atoms with E-state index in [1.165, 1.54) is 40.9 Å². The SMILES string of the molecule is CN1C(=O)C[C@@H](C(=O)Nc2ccc(C(=O)[O-])cc2)SC1=Nc1ccc(Cl)cc1. The molecular formula is C19H15ClN3O4S-. The molecular weight excluding hydrogens is 402 g/mol. The quantitative estimate of drug-likeness (QED) is 0.823. The highest BCUT2D eigenvalue weighted by Gasteiger charge is 2.34. The topological polar surface area (TPSA) is 102 Å². The zero-order valence-corrected chi connectivity index (χ0v) is 16.3. The molecule has 0 aromatic heterocycles. The van der Waals surface area contributed by atoms with Crippen LogP contribution in [0.5, 0.6) is 0 Å². The van der Waals surface area contributed by atoms with Crippen molar-refractivity contribution in [3.63, 3.8) is 0 Å². The number of rotatable bonds is 4. The molecule has 0 spiro atoms. The summed E-state index contributed by atoms with van der Waals surface area (Å²) in [5.41, 5.74) is 1.06. The first-order valence-corrected chi connectivity index (χ1v) is 9.49. The van der Waals surface area contributed by atoms with Gasteiger partial charge in [0.25, 0.3) is 0 Å². The molecule has 1 aliphatic heterocycles. The lowest BCUT2D eigenvalue weighted by molar-refractivity contribution is -0.255. The van der Waals surface area contributed by atoms with Crippen LogP contribution >= 0.6 is 23.4 Å². The molecule has 1 fully saturated rings. The molecule has 2 aromatic rings. The second kappa shape index (κ2) is 8.45. The van der Waals surface area contributed by atoms with Crippen LogP contribution in [0.1, 0.15) is 16.8 Å². The molecule has 0 radical (unpaired) electrons. The number of nitrogens with one attached hydrogen (secondary N) is 1. The van der Waals surface area contributed by atoms with E-state index in [0.717, 1.165) is 0 Å². The molecule has 7 nitrogen and oxygen atoms in total. The summed E-state index contributed by atoms with van der Waals surface area (Å²) >= 11 is 7.05. The van der Waals surface area contributed by atoms with Crippen molar-refractivity contribution in [2.24, 2.45) is 4.99 Å². The highest BCUT2D eigenvalue weighted by atomic mass is 35.5.